The summed E-state index contributed by atoms with van der Waals surface area (Å²) < 4.78 is 5.43. The highest BCUT2D eigenvalue weighted by Gasteiger charge is 2.45. The highest BCUT2D eigenvalue weighted by molar-refractivity contribution is 6.19. The van der Waals surface area contributed by atoms with E-state index >= 15 is 0 Å². The number of ether oxygens (including phenoxy) is 1. The number of amides is 3. The highest BCUT2D eigenvalue weighted by Crippen LogP contribution is 2.32. The van der Waals surface area contributed by atoms with Crippen LogP contribution in [0.5, 0.6) is 0 Å². The molecule has 5 N–H and O–H groups in total. The highest BCUT2D eigenvalue weighted by atomic mass is 16.5. The minimum atomic E-state index is -0.577. The number of rotatable bonds is 12. The van der Waals surface area contributed by atoms with Crippen LogP contribution >= 0.6 is 0 Å². The van der Waals surface area contributed by atoms with E-state index in [1.54, 1.807) is 18.5 Å². The Hall–Kier alpha value is -3.71. The number of aromatic nitrogens is 2. The van der Waals surface area contributed by atoms with Crippen molar-refractivity contribution in [1.29, 1.82) is 0 Å². The Morgan fingerprint density at radius 2 is 2.05 bits per heavy atom. The van der Waals surface area contributed by atoms with Gasteiger partial charge in [-0.05, 0) is 24.3 Å². The molecule has 2 aliphatic heterocycles. The molecule has 1 atom stereocenters. The smallest absolute Gasteiger partial charge is 0.270 e. The average molecular weight is 515 g/mol. The molecule has 4 rings (SSSR count). The van der Waals surface area contributed by atoms with E-state index in [9.17, 15) is 19.5 Å². The van der Waals surface area contributed by atoms with Gasteiger partial charge >= 0.3 is 0 Å². The van der Waals surface area contributed by atoms with Crippen LogP contribution in [-0.4, -0.2) is 81.7 Å². The van der Waals surface area contributed by atoms with E-state index in [1.165, 1.54) is 9.91 Å². The quantitative estimate of drug-likeness (QED) is 0.147. The van der Waals surface area contributed by atoms with Crippen LogP contribution in [0.3, 0.4) is 0 Å². The SMILES string of the molecule is CC(C)(C)CN1C(=O)C(C(=O)NC2CC2)=C(O)N2NC(Nc3cnc(CCOCCNC=O)cn3)C=C12. The molecular weight excluding hydrogens is 480 g/mol. The first kappa shape index (κ1) is 26.4. The molecule has 0 aromatic carbocycles. The molecule has 37 heavy (non-hydrogen) atoms. The van der Waals surface area contributed by atoms with Gasteiger partial charge in [-0.25, -0.2) is 9.99 Å². The average Bonchev–Trinajstić information content (AvgIpc) is 3.55. The molecule has 3 heterocycles. The van der Waals surface area contributed by atoms with Crippen LogP contribution in [0.2, 0.25) is 0 Å². The zero-order valence-corrected chi connectivity index (χ0v) is 21.3. The summed E-state index contributed by atoms with van der Waals surface area (Å²) in [5.74, 6) is -0.634. The van der Waals surface area contributed by atoms with Gasteiger partial charge in [0.2, 0.25) is 12.3 Å². The number of nitrogens with one attached hydrogen (secondary N) is 4. The molecule has 1 aromatic heterocycles. The number of aliphatic hydroxyl groups is 1. The zero-order valence-electron chi connectivity index (χ0n) is 21.3. The maximum Gasteiger partial charge on any atom is 0.270 e. The lowest BCUT2D eigenvalue weighted by Crippen LogP contribution is -2.53. The summed E-state index contributed by atoms with van der Waals surface area (Å²) in [6, 6.07) is 0.0436. The summed E-state index contributed by atoms with van der Waals surface area (Å²) in [7, 11) is 0. The minimum Gasteiger partial charge on any atom is -0.493 e. The van der Waals surface area contributed by atoms with Crippen molar-refractivity contribution in [3.63, 3.8) is 0 Å². The van der Waals surface area contributed by atoms with Crippen LogP contribution in [0, 0.1) is 5.41 Å². The number of aliphatic hydroxyl groups excluding tert-OH is 1. The molecular formula is C24H34N8O5. The Morgan fingerprint density at radius 1 is 1.27 bits per heavy atom. The summed E-state index contributed by atoms with van der Waals surface area (Å²) >= 11 is 0. The van der Waals surface area contributed by atoms with Crippen LogP contribution in [0.4, 0.5) is 5.82 Å². The lowest BCUT2D eigenvalue weighted by atomic mass is 9.95. The van der Waals surface area contributed by atoms with E-state index < -0.39 is 23.9 Å². The lowest BCUT2D eigenvalue weighted by Gasteiger charge is -2.38. The first-order valence-corrected chi connectivity index (χ1v) is 12.3. The number of hydrazine groups is 1. The predicted octanol–water partition coefficient (Wildman–Crippen LogP) is 0.118. The van der Waals surface area contributed by atoms with Crippen LogP contribution in [-0.2, 0) is 25.5 Å². The Bertz CT molecular complexity index is 1080. The molecule has 1 saturated carbocycles. The summed E-state index contributed by atoms with van der Waals surface area (Å²) in [6.45, 7) is 7.66. The van der Waals surface area contributed by atoms with E-state index in [1.807, 2.05) is 20.8 Å². The predicted molar refractivity (Wildman–Crippen MR) is 133 cm³/mol. The van der Waals surface area contributed by atoms with Crippen molar-refractivity contribution in [2.75, 3.05) is 31.6 Å². The minimum absolute atomic E-state index is 0.0436. The van der Waals surface area contributed by atoms with Gasteiger partial charge in [0.25, 0.3) is 11.8 Å². The maximum atomic E-state index is 13.3. The molecule has 13 heteroatoms. The molecule has 13 nitrogen and oxygen atoms in total. The van der Waals surface area contributed by atoms with E-state index in [0.717, 1.165) is 18.5 Å². The topological polar surface area (TPSA) is 161 Å². The first-order chi connectivity index (χ1) is 17.7. The molecule has 1 fully saturated rings. The zero-order chi connectivity index (χ0) is 26.6. The third-order valence-electron chi connectivity index (χ3n) is 5.74. The Kier molecular flexibility index (Phi) is 7.93. The fourth-order valence-electron chi connectivity index (χ4n) is 3.86. The number of fused-ring (bicyclic) bond motifs is 1. The van der Waals surface area contributed by atoms with E-state index in [4.69, 9.17) is 4.74 Å². The molecule has 0 bridgehead atoms. The van der Waals surface area contributed by atoms with Crippen LogP contribution in [0.1, 0.15) is 39.3 Å². The number of nitrogens with zero attached hydrogens (tertiary/aromatic N) is 4. The molecule has 3 aliphatic rings. The summed E-state index contributed by atoms with van der Waals surface area (Å²) in [6.07, 6.45) is 7.39. The van der Waals surface area contributed by atoms with Crippen LogP contribution in [0.15, 0.2) is 35.7 Å². The maximum absolute atomic E-state index is 13.3. The molecule has 200 valence electrons. The molecule has 0 spiro atoms. The van der Waals surface area contributed by atoms with Gasteiger partial charge in [0.05, 0.1) is 31.3 Å². The van der Waals surface area contributed by atoms with Crippen molar-refractivity contribution in [2.45, 2.75) is 52.2 Å². The van der Waals surface area contributed by atoms with Gasteiger partial charge in [0, 0.05) is 25.6 Å². The molecule has 0 saturated heterocycles. The van der Waals surface area contributed by atoms with E-state index in [0.29, 0.717) is 50.8 Å². The van der Waals surface area contributed by atoms with Crippen molar-refractivity contribution < 1.29 is 24.2 Å². The Balaban J connectivity index is 1.43. The van der Waals surface area contributed by atoms with Gasteiger partial charge in [0.1, 0.15) is 17.8 Å². The van der Waals surface area contributed by atoms with Crippen molar-refractivity contribution in [2.24, 2.45) is 5.41 Å². The molecule has 0 radical (unpaired) electrons. The Labute approximate surface area is 215 Å². The lowest BCUT2D eigenvalue weighted by molar-refractivity contribution is -0.133. The number of anilines is 1. The standard InChI is InChI=1S/C24H34N8O5/c1-24(2,3)13-31-19-10-17(29-18-12-26-16(11-27-18)6-8-37-9-7-25-14-33)30-32(19)23(36)20(22(31)35)21(34)28-15-4-5-15/h10-12,14-15,17,30,36H,4-9,13H2,1-3H3,(H,25,33)(H,27,29)(H,28,34). The fourth-order valence-corrected chi connectivity index (χ4v) is 3.86. The third kappa shape index (κ3) is 6.74. The van der Waals surface area contributed by atoms with Crippen LogP contribution < -0.4 is 21.4 Å². The normalized spacial score (nSPS) is 19.5. The van der Waals surface area contributed by atoms with Gasteiger partial charge in [-0.1, -0.05) is 20.8 Å². The second-order valence-electron chi connectivity index (χ2n) is 10.3. The van der Waals surface area contributed by atoms with Gasteiger partial charge in [0.15, 0.2) is 5.57 Å². The van der Waals surface area contributed by atoms with Crippen molar-refractivity contribution in [1.82, 2.24) is 35.9 Å². The molecule has 1 unspecified atom stereocenters. The van der Waals surface area contributed by atoms with E-state index in [2.05, 4.69) is 31.3 Å². The van der Waals surface area contributed by atoms with Crippen molar-refractivity contribution in [3.05, 3.63) is 41.4 Å². The molecule has 3 amide bonds. The molecule has 1 aliphatic carbocycles. The second-order valence-corrected chi connectivity index (χ2v) is 10.3. The number of carbonyl (C=O) groups excluding carboxylic acids is 3. The first-order valence-electron chi connectivity index (χ1n) is 12.3. The number of hydrogen-bond donors (Lipinski definition) is 5. The van der Waals surface area contributed by atoms with Crippen molar-refractivity contribution in [3.8, 4) is 0 Å². The summed E-state index contributed by atoms with van der Waals surface area (Å²) in [5.41, 5.74) is 3.29. The van der Waals surface area contributed by atoms with Gasteiger partial charge in [-0.2, -0.15) is 5.43 Å². The molecule has 1 aromatic rings. The van der Waals surface area contributed by atoms with Crippen LogP contribution in [0.25, 0.3) is 0 Å². The van der Waals surface area contributed by atoms with E-state index in [-0.39, 0.29) is 17.0 Å². The van der Waals surface area contributed by atoms with Crippen molar-refractivity contribution >= 4 is 24.0 Å². The third-order valence-corrected chi connectivity index (χ3v) is 5.74. The summed E-state index contributed by atoms with van der Waals surface area (Å²) in [5, 5.41) is 20.8. The number of hydrogen-bond acceptors (Lipinski definition) is 10. The largest absolute Gasteiger partial charge is 0.493 e. The second kappa shape index (κ2) is 11.1. The van der Waals surface area contributed by atoms with Gasteiger partial charge in [-0.15, -0.1) is 0 Å². The number of carbonyl (C=O) groups is 3. The summed E-state index contributed by atoms with van der Waals surface area (Å²) in [4.78, 5) is 46.7. The van der Waals surface area contributed by atoms with Gasteiger partial charge < -0.3 is 25.8 Å². The monoisotopic (exact) mass is 514 g/mol. The Morgan fingerprint density at radius 3 is 2.70 bits per heavy atom. The van der Waals surface area contributed by atoms with Gasteiger partial charge in [-0.3, -0.25) is 24.3 Å². The fraction of sp³-hybridized carbons (Fsp3) is 0.542.